The minimum absolute atomic E-state index is 0.181. The fraction of sp³-hybridized carbons (Fsp3) is 1.00. The molecule has 0 heterocycles. The van der Waals surface area contributed by atoms with Crippen molar-refractivity contribution < 1.29 is 0 Å². The molecule has 4 N–H and O–H groups in total. The molecule has 0 bridgehead atoms. The molecule has 2 heteroatoms. The molecule has 0 rings (SSSR count). The van der Waals surface area contributed by atoms with Crippen LogP contribution in [0.4, 0.5) is 0 Å². The molecule has 1 atom stereocenters. The van der Waals surface area contributed by atoms with Crippen LogP contribution < -0.4 is 11.5 Å². The SMILES string of the molecule is CC(C)[C@H](N)CN. The fourth-order valence-corrected chi connectivity index (χ4v) is 0.272. The van der Waals surface area contributed by atoms with E-state index in [1.54, 1.807) is 0 Å². The van der Waals surface area contributed by atoms with Crippen molar-refractivity contribution in [1.82, 2.24) is 0 Å². The lowest BCUT2D eigenvalue weighted by Crippen LogP contribution is -2.34. The van der Waals surface area contributed by atoms with Crippen LogP contribution in [-0.2, 0) is 0 Å². The van der Waals surface area contributed by atoms with Crippen LogP contribution in [0.15, 0.2) is 0 Å². The standard InChI is InChI=1S/C5H14N2/c1-4(2)5(7)3-6/h4-5H,3,6-7H2,1-2H3/t5-/m1/s1. The van der Waals surface area contributed by atoms with Crippen LogP contribution in [-0.4, -0.2) is 12.6 Å². The lowest BCUT2D eigenvalue weighted by atomic mass is 10.1. The average Bonchev–Trinajstić information content (AvgIpc) is 1.65. The highest BCUT2D eigenvalue weighted by atomic mass is 14.7. The van der Waals surface area contributed by atoms with Gasteiger partial charge in [-0.3, -0.25) is 0 Å². The molecule has 0 aliphatic heterocycles. The van der Waals surface area contributed by atoms with E-state index in [1.165, 1.54) is 0 Å². The van der Waals surface area contributed by atoms with Gasteiger partial charge in [-0.15, -0.1) is 0 Å². The van der Waals surface area contributed by atoms with Gasteiger partial charge >= 0.3 is 0 Å². The highest BCUT2D eigenvalue weighted by molar-refractivity contribution is 4.64. The lowest BCUT2D eigenvalue weighted by Gasteiger charge is -2.10. The second kappa shape index (κ2) is 2.99. The van der Waals surface area contributed by atoms with Gasteiger partial charge in [-0.25, -0.2) is 0 Å². The van der Waals surface area contributed by atoms with Crippen molar-refractivity contribution in [3.8, 4) is 0 Å². The third-order valence-corrected chi connectivity index (χ3v) is 1.13. The smallest absolute Gasteiger partial charge is 0.0186 e. The van der Waals surface area contributed by atoms with Crippen LogP contribution in [0.25, 0.3) is 0 Å². The summed E-state index contributed by atoms with van der Waals surface area (Å²) in [6, 6.07) is 0.181. The molecule has 2 nitrogen and oxygen atoms in total. The highest BCUT2D eigenvalue weighted by Crippen LogP contribution is 1.93. The van der Waals surface area contributed by atoms with Crippen LogP contribution >= 0.6 is 0 Å². The molecule has 0 amide bonds. The van der Waals surface area contributed by atoms with Crippen molar-refractivity contribution in [2.45, 2.75) is 19.9 Å². The Hall–Kier alpha value is -0.0800. The summed E-state index contributed by atoms with van der Waals surface area (Å²) in [5.41, 5.74) is 10.7. The Bertz CT molecular complexity index is 43.3. The van der Waals surface area contributed by atoms with E-state index in [2.05, 4.69) is 13.8 Å². The van der Waals surface area contributed by atoms with Crippen molar-refractivity contribution in [1.29, 1.82) is 0 Å². The van der Waals surface area contributed by atoms with Gasteiger partial charge in [-0.1, -0.05) is 13.8 Å². The number of hydrogen-bond acceptors (Lipinski definition) is 2. The largest absolute Gasteiger partial charge is 0.329 e. The normalized spacial score (nSPS) is 15.0. The van der Waals surface area contributed by atoms with Gasteiger partial charge < -0.3 is 11.5 Å². The topological polar surface area (TPSA) is 52.0 Å². The first-order valence-corrected chi connectivity index (χ1v) is 2.64. The molecule has 0 fully saturated rings. The van der Waals surface area contributed by atoms with Crippen molar-refractivity contribution in [2.24, 2.45) is 17.4 Å². The molecule has 0 spiro atoms. The fourth-order valence-electron chi connectivity index (χ4n) is 0.272. The minimum atomic E-state index is 0.181. The Morgan fingerprint density at radius 3 is 1.86 bits per heavy atom. The molecule has 7 heavy (non-hydrogen) atoms. The first kappa shape index (κ1) is 6.92. The molecule has 0 unspecified atom stereocenters. The van der Waals surface area contributed by atoms with Gasteiger partial charge in [-0.05, 0) is 5.92 Å². The molecule has 0 aromatic rings. The van der Waals surface area contributed by atoms with E-state index < -0.39 is 0 Å². The Kier molecular flexibility index (Phi) is 2.96. The second-order valence-electron chi connectivity index (χ2n) is 2.14. The summed E-state index contributed by atoms with van der Waals surface area (Å²) in [5.74, 6) is 0.519. The number of rotatable bonds is 2. The molecule has 0 radical (unpaired) electrons. The van der Waals surface area contributed by atoms with E-state index in [-0.39, 0.29) is 6.04 Å². The molecule has 0 aromatic heterocycles. The van der Waals surface area contributed by atoms with Gasteiger partial charge in [0.15, 0.2) is 0 Å². The maximum atomic E-state index is 5.49. The van der Waals surface area contributed by atoms with E-state index >= 15 is 0 Å². The Morgan fingerprint density at radius 1 is 1.43 bits per heavy atom. The maximum Gasteiger partial charge on any atom is 0.0186 e. The summed E-state index contributed by atoms with van der Waals surface area (Å²) in [5, 5.41) is 0. The van der Waals surface area contributed by atoms with Crippen molar-refractivity contribution in [3.63, 3.8) is 0 Å². The van der Waals surface area contributed by atoms with Crippen molar-refractivity contribution in [3.05, 3.63) is 0 Å². The van der Waals surface area contributed by atoms with Crippen LogP contribution in [0.2, 0.25) is 0 Å². The summed E-state index contributed by atoms with van der Waals surface area (Å²) in [6.45, 7) is 4.73. The van der Waals surface area contributed by atoms with Gasteiger partial charge in [0.2, 0.25) is 0 Å². The number of nitrogens with two attached hydrogens (primary N) is 2. The van der Waals surface area contributed by atoms with Gasteiger partial charge in [0.25, 0.3) is 0 Å². The van der Waals surface area contributed by atoms with E-state index in [1.807, 2.05) is 0 Å². The third kappa shape index (κ3) is 2.60. The molecule has 0 aromatic carbocycles. The summed E-state index contributed by atoms with van der Waals surface area (Å²) in [4.78, 5) is 0. The monoisotopic (exact) mass is 102 g/mol. The molecule has 0 saturated carbocycles. The quantitative estimate of drug-likeness (QED) is 0.512. The summed E-state index contributed by atoms with van der Waals surface area (Å²) >= 11 is 0. The summed E-state index contributed by atoms with van der Waals surface area (Å²) < 4.78 is 0. The highest BCUT2D eigenvalue weighted by Gasteiger charge is 2.01. The van der Waals surface area contributed by atoms with Crippen LogP contribution in [0.3, 0.4) is 0 Å². The van der Waals surface area contributed by atoms with Crippen molar-refractivity contribution >= 4 is 0 Å². The first-order valence-electron chi connectivity index (χ1n) is 2.64. The van der Waals surface area contributed by atoms with E-state index in [4.69, 9.17) is 11.5 Å². The first-order chi connectivity index (χ1) is 3.18. The predicted molar refractivity (Wildman–Crippen MR) is 31.9 cm³/mol. The Labute approximate surface area is 44.9 Å². The zero-order valence-corrected chi connectivity index (χ0v) is 5.02. The Morgan fingerprint density at radius 2 is 1.86 bits per heavy atom. The van der Waals surface area contributed by atoms with E-state index in [0.29, 0.717) is 12.5 Å². The number of hydrogen-bond donors (Lipinski definition) is 2. The van der Waals surface area contributed by atoms with E-state index in [9.17, 15) is 0 Å². The predicted octanol–water partition coefficient (Wildman–Crippen LogP) is -0.0716. The van der Waals surface area contributed by atoms with Crippen molar-refractivity contribution in [2.75, 3.05) is 6.54 Å². The van der Waals surface area contributed by atoms with Crippen LogP contribution in [0.5, 0.6) is 0 Å². The van der Waals surface area contributed by atoms with Gasteiger partial charge in [0.1, 0.15) is 0 Å². The van der Waals surface area contributed by atoms with Gasteiger partial charge in [0.05, 0.1) is 0 Å². The zero-order chi connectivity index (χ0) is 5.86. The van der Waals surface area contributed by atoms with Crippen LogP contribution in [0.1, 0.15) is 13.8 Å². The van der Waals surface area contributed by atoms with E-state index in [0.717, 1.165) is 0 Å². The molecule has 0 aliphatic carbocycles. The average molecular weight is 102 g/mol. The molecule has 44 valence electrons. The summed E-state index contributed by atoms with van der Waals surface area (Å²) in [7, 11) is 0. The second-order valence-corrected chi connectivity index (χ2v) is 2.14. The summed E-state index contributed by atoms with van der Waals surface area (Å²) in [6.07, 6.45) is 0. The third-order valence-electron chi connectivity index (χ3n) is 1.13. The molecule has 0 saturated heterocycles. The maximum absolute atomic E-state index is 5.49. The lowest BCUT2D eigenvalue weighted by molar-refractivity contribution is 0.501. The van der Waals surface area contributed by atoms with Gasteiger partial charge in [-0.2, -0.15) is 0 Å². The minimum Gasteiger partial charge on any atom is -0.329 e. The molecule has 0 aliphatic rings. The van der Waals surface area contributed by atoms with Gasteiger partial charge in [0, 0.05) is 12.6 Å². The molecular weight excluding hydrogens is 88.1 g/mol. The zero-order valence-electron chi connectivity index (χ0n) is 5.02. The van der Waals surface area contributed by atoms with Crippen LogP contribution in [0, 0.1) is 5.92 Å². The Balaban J connectivity index is 3.14. The molecular formula is C5H14N2.